The highest BCUT2D eigenvalue weighted by Gasteiger charge is 2.46. The first-order valence-corrected chi connectivity index (χ1v) is 9.45. The van der Waals surface area contributed by atoms with Gasteiger partial charge in [-0.05, 0) is 37.8 Å². The second-order valence-electron chi connectivity index (χ2n) is 7.61. The lowest BCUT2D eigenvalue weighted by atomic mass is 9.83. The number of carbonyl (C=O) groups excluding carboxylic acids is 1. The van der Waals surface area contributed by atoms with Gasteiger partial charge in [-0.15, -0.1) is 0 Å². The average molecular weight is 367 g/mol. The zero-order chi connectivity index (χ0) is 18.7. The number of likely N-dealkylation sites (tertiary alicyclic amines) is 1. The number of rotatable bonds is 5. The molecular formula is C20H25N5O2. The quantitative estimate of drug-likeness (QED) is 0.864. The van der Waals surface area contributed by atoms with Crippen molar-refractivity contribution in [3.63, 3.8) is 0 Å². The standard InChI is InChI=1S/C20H25N5O2/c1-15-3-2-4-17(24-15)11-25-13-20(14-25)6-5-16(12-27-20)9-23-19(26)18-10-21-7-8-22-18/h2-4,7-8,10,16H,5-6,9,11-14H2,1H3,(H,23,26)/t16-/m1/s1. The minimum Gasteiger partial charge on any atom is -0.372 e. The Kier molecular flexibility index (Phi) is 5.13. The first kappa shape index (κ1) is 18.0. The molecule has 4 heterocycles. The maximum Gasteiger partial charge on any atom is 0.271 e. The monoisotopic (exact) mass is 367 g/mol. The van der Waals surface area contributed by atoms with E-state index in [-0.39, 0.29) is 11.5 Å². The lowest BCUT2D eigenvalue weighted by Crippen LogP contribution is -2.64. The molecule has 2 fully saturated rings. The molecule has 7 nitrogen and oxygen atoms in total. The van der Waals surface area contributed by atoms with Gasteiger partial charge in [-0.3, -0.25) is 19.7 Å². The molecule has 27 heavy (non-hydrogen) atoms. The topological polar surface area (TPSA) is 80.2 Å². The van der Waals surface area contributed by atoms with Crippen LogP contribution in [0.15, 0.2) is 36.8 Å². The van der Waals surface area contributed by atoms with Crippen LogP contribution in [0, 0.1) is 12.8 Å². The molecule has 1 spiro atoms. The summed E-state index contributed by atoms with van der Waals surface area (Å²) in [5.41, 5.74) is 2.52. The van der Waals surface area contributed by atoms with Crippen LogP contribution < -0.4 is 5.32 Å². The summed E-state index contributed by atoms with van der Waals surface area (Å²) in [7, 11) is 0. The molecule has 142 valence electrons. The van der Waals surface area contributed by atoms with Crippen molar-refractivity contribution in [3.8, 4) is 0 Å². The SMILES string of the molecule is Cc1cccc(CN2CC3(CC[C@H](CNC(=O)c4cnccn4)CO3)C2)n1. The van der Waals surface area contributed by atoms with Gasteiger partial charge in [-0.2, -0.15) is 0 Å². The molecule has 0 aromatic carbocycles. The molecule has 1 N–H and O–H groups in total. The van der Waals surface area contributed by atoms with E-state index in [1.807, 2.05) is 13.0 Å². The number of carbonyl (C=O) groups is 1. The van der Waals surface area contributed by atoms with E-state index in [2.05, 4.69) is 37.3 Å². The van der Waals surface area contributed by atoms with Gasteiger partial charge >= 0.3 is 0 Å². The number of amides is 1. The summed E-state index contributed by atoms with van der Waals surface area (Å²) in [5, 5.41) is 2.94. The highest BCUT2D eigenvalue weighted by Crippen LogP contribution is 2.36. The van der Waals surface area contributed by atoms with Gasteiger partial charge in [0.25, 0.3) is 5.91 Å². The smallest absolute Gasteiger partial charge is 0.271 e. The minimum absolute atomic E-state index is 0.00472. The number of nitrogens with one attached hydrogen (secondary N) is 1. The van der Waals surface area contributed by atoms with Crippen LogP contribution in [0.5, 0.6) is 0 Å². The van der Waals surface area contributed by atoms with Crippen LogP contribution in [0.3, 0.4) is 0 Å². The summed E-state index contributed by atoms with van der Waals surface area (Å²) in [4.78, 5) is 27.0. The summed E-state index contributed by atoms with van der Waals surface area (Å²) >= 11 is 0. The van der Waals surface area contributed by atoms with E-state index >= 15 is 0 Å². The van der Waals surface area contributed by atoms with Gasteiger partial charge < -0.3 is 10.1 Å². The molecule has 1 amide bonds. The van der Waals surface area contributed by atoms with E-state index < -0.39 is 0 Å². The lowest BCUT2D eigenvalue weighted by Gasteiger charge is -2.52. The van der Waals surface area contributed by atoms with Crippen molar-refractivity contribution < 1.29 is 9.53 Å². The fraction of sp³-hybridized carbons (Fsp3) is 0.500. The third-order valence-corrected chi connectivity index (χ3v) is 5.34. The molecule has 1 atom stereocenters. The number of hydrogen-bond donors (Lipinski definition) is 1. The number of aryl methyl sites for hydroxylation is 1. The zero-order valence-corrected chi connectivity index (χ0v) is 15.6. The van der Waals surface area contributed by atoms with Gasteiger partial charge in [0.2, 0.25) is 0 Å². The predicted octanol–water partition coefficient (Wildman–Crippen LogP) is 1.59. The molecule has 2 aliphatic heterocycles. The van der Waals surface area contributed by atoms with Crippen LogP contribution in [0.1, 0.15) is 34.7 Å². The predicted molar refractivity (Wildman–Crippen MR) is 100 cm³/mol. The van der Waals surface area contributed by atoms with Crippen LogP contribution in [-0.2, 0) is 11.3 Å². The Hall–Kier alpha value is -2.38. The van der Waals surface area contributed by atoms with Crippen LogP contribution in [0.4, 0.5) is 0 Å². The Morgan fingerprint density at radius 1 is 1.37 bits per heavy atom. The maximum absolute atomic E-state index is 12.1. The second-order valence-corrected chi connectivity index (χ2v) is 7.61. The number of ether oxygens (including phenoxy) is 1. The Balaban J connectivity index is 1.19. The summed E-state index contributed by atoms with van der Waals surface area (Å²) in [6.07, 6.45) is 6.67. The Morgan fingerprint density at radius 3 is 2.96 bits per heavy atom. The van der Waals surface area contributed by atoms with Gasteiger partial charge in [0, 0.05) is 44.3 Å². The van der Waals surface area contributed by atoms with Gasteiger partial charge in [-0.25, -0.2) is 4.98 Å². The van der Waals surface area contributed by atoms with Crippen molar-refractivity contribution in [3.05, 3.63) is 53.9 Å². The van der Waals surface area contributed by atoms with Crippen LogP contribution in [0.2, 0.25) is 0 Å². The first-order chi connectivity index (χ1) is 13.1. The van der Waals surface area contributed by atoms with Crippen molar-refractivity contribution in [1.82, 2.24) is 25.2 Å². The molecule has 4 rings (SSSR count). The minimum atomic E-state index is -0.177. The Bertz CT molecular complexity index is 782. The molecule has 7 heteroatoms. The average Bonchev–Trinajstić information content (AvgIpc) is 2.67. The molecule has 2 aromatic heterocycles. The van der Waals surface area contributed by atoms with E-state index in [0.717, 1.165) is 43.9 Å². The van der Waals surface area contributed by atoms with Crippen molar-refractivity contribution in [2.75, 3.05) is 26.2 Å². The van der Waals surface area contributed by atoms with E-state index in [0.29, 0.717) is 24.8 Å². The molecule has 0 aliphatic carbocycles. The Morgan fingerprint density at radius 2 is 2.26 bits per heavy atom. The largest absolute Gasteiger partial charge is 0.372 e. The third kappa shape index (κ3) is 4.31. The number of aromatic nitrogens is 3. The van der Waals surface area contributed by atoms with Gasteiger partial charge in [0.1, 0.15) is 5.69 Å². The van der Waals surface area contributed by atoms with Gasteiger partial charge in [0.05, 0.1) is 24.1 Å². The summed E-state index contributed by atoms with van der Waals surface area (Å²) in [6.45, 7) is 6.13. The van der Waals surface area contributed by atoms with E-state index in [9.17, 15) is 4.79 Å². The molecule has 2 aliphatic rings. The van der Waals surface area contributed by atoms with Crippen LogP contribution >= 0.6 is 0 Å². The molecular weight excluding hydrogens is 342 g/mol. The Labute approximate surface area is 159 Å². The van der Waals surface area contributed by atoms with Crippen molar-refractivity contribution in [2.24, 2.45) is 5.92 Å². The highest BCUT2D eigenvalue weighted by molar-refractivity contribution is 5.91. The molecule has 0 unspecified atom stereocenters. The normalized spacial score (nSPS) is 21.6. The molecule has 2 saturated heterocycles. The van der Waals surface area contributed by atoms with Crippen molar-refractivity contribution >= 4 is 5.91 Å². The highest BCUT2D eigenvalue weighted by atomic mass is 16.5. The zero-order valence-electron chi connectivity index (χ0n) is 15.6. The molecule has 0 bridgehead atoms. The second kappa shape index (κ2) is 7.70. The van der Waals surface area contributed by atoms with Crippen molar-refractivity contribution in [1.29, 1.82) is 0 Å². The molecule has 0 radical (unpaired) electrons. The third-order valence-electron chi connectivity index (χ3n) is 5.34. The van der Waals surface area contributed by atoms with Gasteiger partial charge in [0.15, 0.2) is 0 Å². The van der Waals surface area contributed by atoms with E-state index in [1.54, 1.807) is 6.20 Å². The maximum atomic E-state index is 12.1. The van der Waals surface area contributed by atoms with E-state index in [1.165, 1.54) is 12.4 Å². The molecule has 0 saturated carbocycles. The number of nitrogens with zero attached hydrogens (tertiary/aromatic N) is 4. The summed E-state index contributed by atoms with van der Waals surface area (Å²) in [5.74, 6) is 0.174. The lowest BCUT2D eigenvalue weighted by molar-refractivity contribution is -0.181. The molecule has 2 aromatic rings. The first-order valence-electron chi connectivity index (χ1n) is 9.45. The van der Waals surface area contributed by atoms with Crippen molar-refractivity contribution in [2.45, 2.75) is 31.9 Å². The fourth-order valence-electron chi connectivity index (χ4n) is 3.87. The summed E-state index contributed by atoms with van der Waals surface area (Å²) < 4.78 is 6.20. The van der Waals surface area contributed by atoms with Crippen LogP contribution in [-0.4, -0.2) is 57.6 Å². The van der Waals surface area contributed by atoms with Crippen LogP contribution in [0.25, 0.3) is 0 Å². The summed E-state index contributed by atoms with van der Waals surface area (Å²) in [6, 6.07) is 6.16. The number of pyridine rings is 1. The fourth-order valence-corrected chi connectivity index (χ4v) is 3.87. The van der Waals surface area contributed by atoms with E-state index in [4.69, 9.17) is 4.74 Å². The van der Waals surface area contributed by atoms with Gasteiger partial charge in [-0.1, -0.05) is 6.07 Å². The number of hydrogen-bond acceptors (Lipinski definition) is 6.